The molecular weight excluding hydrogens is 238 g/mol. The molecule has 6 heteroatoms. The maximum Gasteiger partial charge on any atom is 0.306 e. The molecule has 0 atom stereocenters. The van der Waals surface area contributed by atoms with E-state index in [1.807, 2.05) is 0 Å². The van der Waals surface area contributed by atoms with Crippen molar-refractivity contribution in [2.24, 2.45) is 0 Å². The molecule has 2 N–H and O–H groups in total. The Hall–Kier alpha value is -2.24. The maximum absolute atomic E-state index is 11.4. The summed E-state index contributed by atoms with van der Waals surface area (Å²) >= 11 is 0. The topological polar surface area (TPSA) is 84.9 Å². The van der Waals surface area contributed by atoms with Gasteiger partial charge in [-0.15, -0.1) is 0 Å². The van der Waals surface area contributed by atoms with Crippen molar-refractivity contribution in [2.45, 2.75) is 6.42 Å². The van der Waals surface area contributed by atoms with Gasteiger partial charge >= 0.3 is 5.97 Å². The highest BCUT2D eigenvalue weighted by Crippen LogP contribution is 2.28. The van der Waals surface area contributed by atoms with Crippen LogP contribution in [-0.2, 0) is 4.79 Å². The Kier molecular flexibility index (Phi) is 4.98. The Morgan fingerprint density at radius 2 is 2.06 bits per heavy atom. The molecule has 0 unspecified atom stereocenters. The summed E-state index contributed by atoms with van der Waals surface area (Å²) in [5.74, 6) is -0.366. The number of carbonyl (C=O) groups is 2. The second-order valence-electron chi connectivity index (χ2n) is 3.44. The minimum Gasteiger partial charge on any atom is -0.493 e. The number of benzene rings is 1. The van der Waals surface area contributed by atoms with Crippen molar-refractivity contribution in [1.82, 2.24) is 5.32 Å². The fourth-order valence-corrected chi connectivity index (χ4v) is 1.32. The molecule has 0 fully saturated rings. The molecule has 0 radical (unpaired) electrons. The van der Waals surface area contributed by atoms with Crippen molar-refractivity contribution in [3.8, 4) is 11.5 Å². The molecule has 0 aliphatic heterocycles. The zero-order chi connectivity index (χ0) is 13.5. The number of methoxy groups -OCH3 is 1. The smallest absolute Gasteiger partial charge is 0.306 e. The molecule has 98 valence electrons. The number of nitrogens with one attached hydrogen (secondary N) is 1. The molecule has 1 amide bonds. The molecule has 1 rings (SSSR count). The lowest BCUT2D eigenvalue weighted by atomic mass is 10.2. The van der Waals surface area contributed by atoms with Gasteiger partial charge in [0.25, 0.3) is 5.91 Å². The molecule has 0 aliphatic rings. The first-order valence-corrected chi connectivity index (χ1v) is 5.33. The van der Waals surface area contributed by atoms with E-state index in [4.69, 9.17) is 14.6 Å². The number of carboxylic acid groups (broad SMARTS) is 1. The number of hydrogen-bond donors (Lipinski definition) is 2. The highest BCUT2D eigenvalue weighted by atomic mass is 16.5. The molecule has 0 saturated heterocycles. The van der Waals surface area contributed by atoms with E-state index >= 15 is 0 Å². The summed E-state index contributed by atoms with van der Waals surface area (Å²) in [4.78, 5) is 21.8. The van der Waals surface area contributed by atoms with Crippen LogP contribution in [0.1, 0.15) is 16.8 Å². The summed E-state index contributed by atoms with van der Waals surface area (Å²) in [5.41, 5.74) is 0.444. The van der Waals surface area contributed by atoms with Crippen LogP contribution in [0.2, 0.25) is 0 Å². The van der Waals surface area contributed by atoms with Crippen LogP contribution in [0, 0.1) is 0 Å². The summed E-state index contributed by atoms with van der Waals surface area (Å²) in [6.07, 6.45) is -0.0969. The Morgan fingerprint density at radius 3 is 2.61 bits per heavy atom. The molecule has 18 heavy (non-hydrogen) atoms. The van der Waals surface area contributed by atoms with E-state index in [2.05, 4.69) is 5.32 Å². The lowest BCUT2D eigenvalue weighted by molar-refractivity contribution is -0.137. The first-order valence-electron chi connectivity index (χ1n) is 5.33. The van der Waals surface area contributed by atoms with Gasteiger partial charge in [-0.05, 0) is 18.2 Å². The highest BCUT2D eigenvalue weighted by Gasteiger charge is 2.10. The van der Waals surface area contributed by atoms with E-state index < -0.39 is 5.97 Å². The standard InChI is InChI=1S/C12H15NO5/c1-13-12(16)8-3-4-9(10(7-8)17-2)18-6-5-11(14)15/h3-4,7H,5-6H2,1-2H3,(H,13,16)(H,14,15). The van der Waals surface area contributed by atoms with Gasteiger partial charge in [0.1, 0.15) is 0 Å². The molecule has 1 aromatic carbocycles. The largest absolute Gasteiger partial charge is 0.493 e. The summed E-state index contributed by atoms with van der Waals surface area (Å²) in [6.45, 7) is 0.0466. The van der Waals surface area contributed by atoms with E-state index in [0.29, 0.717) is 17.1 Å². The van der Waals surface area contributed by atoms with Crippen molar-refractivity contribution in [3.05, 3.63) is 23.8 Å². The zero-order valence-electron chi connectivity index (χ0n) is 10.2. The second kappa shape index (κ2) is 6.48. The second-order valence-corrected chi connectivity index (χ2v) is 3.44. The normalized spacial score (nSPS) is 9.67. The average molecular weight is 253 g/mol. The van der Waals surface area contributed by atoms with Gasteiger partial charge in [-0.1, -0.05) is 0 Å². The predicted octanol–water partition coefficient (Wildman–Crippen LogP) is 0.908. The van der Waals surface area contributed by atoms with Gasteiger partial charge in [0, 0.05) is 12.6 Å². The zero-order valence-corrected chi connectivity index (χ0v) is 10.2. The van der Waals surface area contributed by atoms with Crippen LogP contribution < -0.4 is 14.8 Å². The van der Waals surface area contributed by atoms with E-state index in [9.17, 15) is 9.59 Å². The lowest BCUT2D eigenvalue weighted by Gasteiger charge is -2.11. The first kappa shape index (κ1) is 13.8. The third-order valence-electron chi connectivity index (χ3n) is 2.23. The van der Waals surface area contributed by atoms with Crippen LogP contribution in [0.5, 0.6) is 11.5 Å². The van der Waals surface area contributed by atoms with E-state index in [-0.39, 0.29) is 18.9 Å². The minimum atomic E-state index is -0.934. The molecular formula is C12H15NO5. The monoisotopic (exact) mass is 253 g/mol. The van der Waals surface area contributed by atoms with E-state index in [1.54, 1.807) is 12.1 Å². The summed E-state index contributed by atoms with van der Waals surface area (Å²) < 4.78 is 10.4. The Bertz CT molecular complexity index is 444. The molecule has 0 aromatic heterocycles. The molecule has 1 aromatic rings. The van der Waals surface area contributed by atoms with Crippen LogP contribution in [-0.4, -0.2) is 37.7 Å². The summed E-state index contributed by atoms with van der Waals surface area (Å²) in [7, 11) is 2.99. The van der Waals surface area contributed by atoms with Crippen LogP contribution >= 0.6 is 0 Å². The molecule has 6 nitrogen and oxygen atoms in total. The predicted molar refractivity (Wildman–Crippen MR) is 64.1 cm³/mol. The molecule has 0 bridgehead atoms. The number of carbonyl (C=O) groups excluding carboxylic acids is 1. The fourth-order valence-electron chi connectivity index (χ4n) is 1.32. The van der Waals surface area contributed by atoms with Crippen molar-refractivity contribution < 1.29 is 24.2 Å². The van der Waals surface area contributed by atoms with Gasteiger partial charge in [-0.2, -0.15) is 0 Å². The van der Waals surface area contributed by atoms with Gasteiger partial charge in [0.05, 0.1) is 20.1 Å². The van der Waals surface area contributed by atoms with Crippen molar-refractivity contribution in [1.29, 1.82) is 0 Å². The number of rotatable bonds is 6. The van der Waals surface area contributed by atoms with Crippen molar-refractivity contribution in [2.75, 3.05) is 20.8 Å². The van der Waals surface area contributed by atoms with Crippen LogP contribution in [0.4, 0.5) is 0 Å². The molecule has 0 spiro atoms. The number of aliphatic carboxylic acids is 1. The van der Waals surface area contributed by atoms with Crippen LogP contribution in [0.25, 0.3) is 0 Å². The summed E-state index contributed by atoms with van der Waals surface area (Å²) in [5, 5.41) is 11.0. The van der Waals surface area contributed by atoms with Crippen molar-refractivity contribution in [3.63, 3.8) is 0 Å². The lowest BCUT2D eigenvalue weighted by Crippen LogP contribution is -2.17. The molecule has 0 aliphatic carbocycles. The number of ether oxygens (including phenoxy) is 2. The quantitative estimate of drug-likeness (QED) is 0.787. The van der Waals surface area contributed by atoms with Crippen LogP contribution in [0.15, 0.2) is 18.2 Å². The molecule has 0 saturated carbocycles. The van der Waals surface area contributed by atoms with Gasteiger partial charge in [-0.25, -0.2) is 0 Å². The maximum atomic E-state index is 11.4. The Labute approximate surface area is 105 Å². The summed E-state index contributed by atoms with van der Waals surface area (Å²) in [6, 6.07) is 4.69. The number of carboxylic acids is 1. The average Bonchev–Trinajstić information content (AvgIpc) is 2.37. The molecule has 0 heterocycles. The third kappa shape index (κ3) is 3.65. The van der Waals surface area contributed by atoms with Gasteiger partial charge in [0.2, 0.25) is 0 Å². The van der Waals surface area contributed by atoms with Crippen LogP contribution in [0.3, 0.4) is 0 Å². The number of hydrogen-bond acceptors (Lipinski definition) is 4. The SMILES string of the molecule is CNC(=O)c1ccc(OCCC(=O)O)c(OC)c1. The minimum absolute atomic E-state index is 0.0466. The van der Waals surface area contributed by atoms with Gasteiger partial charge in [-0.3, -0.25) is 9.59 Å². The Balaban J connectivity index is 2.80. The van der Waals surface area contributed by atoms with Gasteiger partial charge in [0.15, 0.2) is 11.5 Å². The van der Waals surface area contributed by atoms with E-state index in [1.165, 1.54) is 20.2 Å². The number of amides is 1. The fraction of sp³-hybridized carbons (Fsp3) is 0.333. The first-order chi connectivity index (χ1) is 8.58. The highest BCUT2D eigenvalue weighted by molar-refractivity contribution is 5.94. The van der Waals surface area contributed by atoms with Gasteiger partial charge < -0.3 is 19.9 Å². The third-order valence-corrected chi connectivity index (χ3v) is 2.23. The van der Waals surface area contributed by atoms with Crippen molar-refractivity contribution >= 4 is 11.9 Å². The Morgan fingerprint density at radius 1 is 1.33 bits per heavy atom. The van der Waals surface area contributed by atoms with E-state index in [0.717, 1.165) is 0 Å².